The molecule has 3 heteroatoms. The zero-order valence-corrected chi connectivity index (χ0v) is 7.74. The standard InChI is InChI=1S/C8H14ClNO/c1-7(2)4-6-10-8(11)3-5-9/h4H,3,5-6H2,1-2H3,(H,10,11). The minimum absolute atomic E-state index is 0.0116. The monoisotopic (exact) mass is 175 g/mol. The molecule has 1 amide bonds. The molecule has 0 aliphatic heterocycles. The summed E-state index contributed by atoms with van der Waals surface area (Å²) in [5.74, 6) is 0.401. The summed E-state index contributed by atoms with van der Waals surface area (Å²) >= 11 is 5.36. The number of nitrogens with one attached hydrogen (secondary N) is 1. The Balaban J connectivity index is 3.39. The van der Waals surface area contributed by atoms with Gasteiger partial charge in [-0.05, 0) is 13.8 Å². The van der Waals surface area contributed by atoms with E-state index >= 15 is 0 Å². The van der Waals surface area contributed by atoms with Gasteiger partial charge in [0, 0.05) is 18.8 Å². The number of hydrogen-bond acceptors (Lipinski definition) is 1. The van der Waals surface area contributed by atoms with E-state index in [1.54, 1.807) is 0 Å². The van der Waals surface area contributed by atoms with Crippen LogP contribution >= 0.6 is 11.6 Å². The van der Waals surface area contributed by atoms with Crippen LogP contribution in [0.25, 0.3) is 0 Å². The summed E-state index contributed by atoms with van der Waals surface area (Å²) in [5, 5.41) is 2.72. The van der Waals surface area contributed by atoms with Crippen LogP contribution < -0.4 is 5.32 Å². The fraction of sp³-hybridized carbons (Fsp3) is 0.625. The number of allylic oxidation sites excluding steroid dienone is 1. The predicted octanol–water partition coefficient (Wildman–Crippen LogP) is 1.70. The van der Waals surface area contributed by atoms with Crippen molar-refractivity contribution in [3.8, 4) is 0 Å². The van der Waals surface area contributed by atoms with E-state index in [0.29, 0.717) is 18.8 Å². The van der Waals surface area contributed by atoms with Crippen molar-refractivity contribution < 1.29 is 4.79 Å². The highest BCUT2D eigenvalue weighted by molar-refractivity contribution is 6.18. The second-order valence-corrected chi connectivity index (χ2v) is 2.90. The first-order valence-corrected chi connectivity index (χ1v) is 4.16. The van der Waals surface area contributed by atoms with Gasteiger partial charge < -0.3 is 5.32 Å². The maximum absolute atomic E-state index is 10.8. The van der Waals surface area contributed by atoms with Crippen molar-refractivity contribution in [1.29, 1.82) is 0 Å². The zero-order valence-electron chi connectivity index (χ0n) is 6.98. The van der Waals surface area contributed by atoms with Gasteiger partial charge in [0.15, 0.2) is 0 Å². The Kier molecular flexibility index (Phi) is 5.94. The van der Waals surface area contributed by atoms with Crippen LogP contribution in [0.3, 0.4) is 0 Å². The molecule has 0 radical (unpaired) electrons. The molecule has 0 heterocycles. The van der Waals surface area contributed by atoms with Crippen molar-refractivity contribution in [3.63, 3.8) is 0 Å². The van der Waals surface area contributed by atoms with Gasteiger partial charge in [-0.1, -0.05) is 11.6 Å². The van der Waals surface area contributed by atoms with E-state index in [2.05, 4.69) is 5.32 Å². The molecule has 0 saturated heterocycles. The van der Waals surface area contributed by atoms with E-state index in [1.807, 2.05) is 19.9 Å². The molecule has 0 aliphatic rings. The largest absolute Gasteiger partial charge is 0.353 e. The summed E-state index contributed by atoms with van der Waals surface area (Å²) in [6.07, 6.45) is 2.37. The van der Waals surface area contributed by atoms with E-state index in [4.69, 9.17) is 11.6 Å². The smallest absolute Gasteiger partial charge is 0.221 e. The highest BCUT2D eigenvalue weighted by atomic mass is 35.5. The fourth-order valence-electron chi connectivity index (χ4n) is 0.543. The van der Waals surface area contributed by atoms with E-state index in [1.165, 1.54) is 5.57 Å². The highest BCUT2D eigenvalue weighted by Crippen LogP contribution is 1.87. The highest BCUT2D eigenvalue weighted by Gasteiger charge is 1.95. The average molecular weight is 176 g/mol. The van der Waals surface area contributed by atoms with Gasteiger partial charge in [0.05, 0.1) is 0 Å². The van der Waals surface area contributed by atoms with Gasteiger partial charge in [0.1, 0.15) is 0 Å². The van der Waals surface area contributed by atoms with Crippen LogP contribution in [0.5, 0.6) is 0 Å². The molecular formula is C8H14ClNO. The lowest BCUT2D eigenvalue weighted by Crippen LogP contribution is -2.23. The van der Waals surface area contributed by atoms with Gasteiger partial charge in [-0.15, -0.1) is 11.6 Å². The maximum atomic E-state index is 10.8. The molecular weight excluding hydrogens is 162 g/mol. The number of halogens is 1. The molecule has 64 valence electrons. The first-order valence-electron chi connectivity index (χ1n) is 3.63. The molecule has 0 fully saturated rings. The Morgan fingerprint density at radius 3 is 2.64 bits per heavy atom. The van der Waals surface area contributed by atoms with Crippen LogP contribution in [0.1, 0.15) is 20.3 Å². The van der Waals surface area contributed by atoms with Crippen molar-refractivity contribution in [1.82, 2.24) is 5.32 Å². The molecule has 11 heavy (non-hydrogen) atoms. The summed E-state index contributed by atoms with van der Waals surface area (Å²) in [6.45, 7) is 4.60. The van der Waals surface area contributed by atoms with Crippen LogP contribution in [0, 0.1) is 0 Å². The molecule has 1 N–H and O–H groups in total. The molecule has 0 bridgehead atoms. The number of amides is 1. The minimum atomic E-state index is 0.0116. The van der Waals surface area contributed by atoms with Crippen LogP contribution in [-0.4, -0.2) is 18.3 Å². The summed E-state index contributed by atoms with van der Waals surface area (Å²) in [5.41, 5.74) is 1.20. The van der Waals surface area contributed by atoms with Gasteiger partial charge in [-0.25, -0.2) is 0 Å². The summed E-state index contributed by atoms with van der Waals surface area (Å²) in [7, 11) is 0. The second kappa shape index (κ2) is 6.23. The third kappa shape index (κ3) is 7.40. The molecule has 0 aromatic rings. The number of rotatable bonds is 4. The normalized spacial score (nSPS) is 9.00. The van der Waals surface area contributed by atoms with Gasteiger partial charge >= 0.3 is 0 Å². The maximum Gasteiger partial charge on any atom is 0.221 e. The lowest BCUT2D eigenvalue weighted by atomic mass is 10.3. The average Bonchev–Trinajstić information content (AvgIpc) is 1.87. The summed E-state index contributed by atoms with van der Waals surface area (Å²) in [6, 6.07) is 0. The van der Waals surface area contributed by atoms with Crippen molar-refractivity contribution in [2.24, 2.45) is 0 Å². The topological polar surface area (TPSA) is 29.1 Å². The Labute approximate surface area is 72.6 Å². The molecule has 0 saturated carbocycles. The first kappa shape index (κ1) is 10.5. The number of hydrogen-bond donors (Lipinski definition) is 1. The van der Waals surface area contributed by atoms with Crippen LogP contribution in [-0.2, 0) is 4.79 Å². The van der Waals surface area contributed by atoms with Gasteiger partial charge in [0.25, 0.3) is 0 Å². The lowest BCUT2D eigenvalue weighted by Gasteiger charge is -1.98. The number of alkyl halides is 1. The molecule has 0 aromatic heterocycles. The molecule has 0 aromatic carbocycles. The Bertz CT molecular complexity index is 150. The third-order valence-corrected chi connectivity index (χ3v) is 1.32. The Morgan fingerprint density at radius 1 is 1.55 bits per heavy atom. The second-order valence-electron chi connectivity index (χ2n) is 2.52. The lowest BCUT2D eigenvalue weighted by molar-refractivity contribution is -0.120. The SMILES string of the molecule is CC(C)=CCNC(=O)CCCl. The number of carbonyl (C=O) groups is 1. The zero-order chi connectivity index (χ0) is 8.69. The van der Waals surface area contributed by atoms with Crippen molar-refractivity contribution in [2.45, 2.75) is 20.3 Å². The van der Waals surface area contributed by atoms with Gasteiger partial charge in [-0.2, -0.15) is 0 Å². The van der Waals surface area contributed by atoms with Crippen LogP contribution in [0.15, 0.2) is 11.6 Å². The first-order chi connectivity index (χ1) is 5.16. The van der Waals surface area contributed by atoms with E-state index in [0.717, 1.165) is 0 Å². The van der Waals surface area contributed by atoms with Crippen molar-refractivity contribution >= 4 is 17.5 Å². The van der Waals surface area contributed by atoms with Crippen molar-refractivity contribution in [2.75, 3.05) is 12.4 Å². The predicted molar refractivity (Wildman–Crippen MR) is 47.8 cm³/mol. The third-order valence-electron chi connectivity index (χ3n) is 1.13. The van der Waals surface area contributed by atoms with E-state index < -0.39 is 0 Å². The van der Waals surface area contributed by atoms with Gasteiger partial charge in [-0.3, -0.25) is 4.79 Å². The fourth-order valence-corrected chi connectivity index (χ4v) is 0.715. The molecule has 0 unspecified atom stereocenters. The summed E-state index contributed by atoms with van der Waals surface area (Å²) in [4.78, 5) is 10.8. The van der Waals surface area contributed by atoms with Crippen LogP contribution in [0.2, 0.25) is 0 Å². The quantitative estimate of drug-likeness (QED) is 0.512. The molecule has 0 spiro atoms. The van der Waals surface area contributed by atoms with Gasteiger partial charge in [0.2, 0.25) is 5.91 Å². The summed E-state index contributed by atoms with van der Waals surface area (Å²) < 4.78 is 0. The Hall–Kier alpha value is -0.500. The van der Waals surface area contributed by atoms with Crippen molar-refractivity contribution in [3.05, 3.63) is 11.6 Å². The Morgan fingerprint density at radius 2 is 2.18 bits per heavy atom. The molecule has 0 atom stereocenters. The number of carbonyl (C=O) groups excluding carboxylic acids is 1. The molecule has 0 rings (SSSR count). The van der Waals surface area contributed by atoms with Crippen LogP contribution in [0.4, 0.5) is 0 Å². The van der Waals surface area contributed by atoms with E-state index in [9.17, 15) is 4.79 Å². The molecule has 2 nitrogen and oxygen atoms in total. The minimum Gasteiger partial charge on any atom is -0.353 e. The molecule has 0 aliphatic carbocycles. The van der Waals surface area contributed by atoms with E-state index in [-0.39, 0.29) is 5.91 Å².